The van der Waals surface area contributed by atoms with E-state index in [1.807, 2.05) is 0 Å². The van der Waals surface area contributed by atoms with Crippen LogP contribution in [-0.2, 0) is 15.1 Å². The summed E-state index contributed by atoms with van der Waals surface area (Å²) in [4.78, 5) is 50.2. The number of Topliss-reactive ketones (excluding diaryl/α,β-unsaturated/α-hetero) is 1. The molecule has 1 aliphatic rings. The van der Waals surface area contributed by atoms with Gasteiger partial charge < -0.3 is 10.6 Å². The molecule has 1 atom stereocenters. The minimum atomic E-state index is -1.27. The molecule has 0 aromatic heterocycles. The summed E-state index contributed by atoms with van der Waals surface area (Å²) in [6.07, 6.45) is 0.346. The predicted molar refractivity (Wildman–Crippen MR) is 109 cm³/mol. The SMILES string of the molecule is CCC(=O)Nc1ccc(C(=O)CN2C(=O)N[C@](C)(c3ccc(Cl)cc3)C2=O)cc1. The van der Waals surface area contributed by atoms with E-state index < -0.39 is 17.5 Å². The second-order valence-corrected chi connectivity index (χ2v) is 7.29. The Kier molecular flexibility index (Phi) is 5.70. The van der Waals surface area contributed by atoms with Gasteiger partial charge in [0.05, 0.1) is 6.54 Å². The quantitative estimate of drug-likeness (QED) is 0.560. The van der Waals surface area contributed by atoms with Crippen LogP contribution in [0.15, 0.2) is 48.5 Å². The van der Waals surface area contributed by atoms with Gasteiger partial charge in [-0.25, -0.2) is 4.79 Å². The second-order valence-electron chi connectivity index (χ2n) is 6.86. The molecule has 1 heterocycles. The summed E-state index contributed by atoms with van der Waals surface area (Å²) in [5.74, 6) is -1.03. The fourth-order valence-corrected chi connectivity index (χ4v) is 3.17. The molecule has 0 bridgehead atoms. The van der Waals surface area contributed by atoms with Crippen molar-refractivity contribution in [2.24, 2.45) is 0 Å². The van der Waals surface area contributed by atoms with E-state index in [0.29, 0.717) is 28.3 Å². The molecule has 2 aromatic rings. The van der Waals surface area contributed by atoms with Gasteiger partial charge in [0, 0.05) is 22.7 Å². The highest BCUT2D eigenvalue weighted by Crippen LogP contribution is 2.29. The van der Waals surface area contributed by atoms with Gasteiger partial charge in [0.15, 0.2) is 5.78 Å². The zero-order chi connectivity index (χ0) is 21.2. The van der Waals surface area contributed by atoms with Crippen molar-refractivity contribution in [3.8, 4) is 0 Å². The first-order valence-corrected chi connectivity index (χ1v) is 9.45. The number of nitrogens with zero attached hydrogens (tertiary/aromatic N) is 1. The molecule has 4 amide bonds. The molecule has 0 saturated carbocycles. The van der Waals surface area contributed by atoms with Gasteiger partial charge >= 0.3 is 6.03 Å². The smallest absolute Gasteiger partial charge is 0.325 e. The van der Waals surface area contributed by atoms with E-state index in [1.165, 1.54) is 0 Å². The van der Waals surface area contributed by atoms with Crippen molar-refractivity contribution in [2.75, 3.05) is 11.9 Å². The number of rotatable bonds is 6. The Hall–Kier alpha value is -3.19. The normalized spacial score (nSPS) is 18.5. The number of carbonyl (C=O) groups is 4. The van der Waals surface area contributed by atoms with E-state index >= 15 is 0 Å². The first-order chi connectivity index (χ1) is 13.7. The molecule has 1 saturated heterocycles. The Morgan fingerprint density at radius 2 is 1.69 bits per heavy atom. The Labute approximate surface area is 173 Å². The van der Waals surface area contributed by atoms with E-state index in [2.05, 4.69) is 10.6 Å². The summed E-state index contributed by atoms with van der Waals surface area (Å²) in [7, 11) is 0. The summed E-state index contributed by atoms with van der Waals surface area (Å²) in [6.45, 7) is 2.95. The maximum absolute atomic E-state index is 12.9. The third-order valence-electron chi connectivity index (χ3n) is 4.81. The lowest BCUT2D eigenvalue weighted by atomic mass is 9.92. The number of benzene rings is 2. The topological polar surface area (TPSA) is 95.6 Å². The van der Waals surface area contributed by atoms with Gasteiger partial charge in [0.2, 0.25) is 5.91 Å². The molecule has 29 heavy (non-hydrogen) atoms. The predicted octanol–water partition coefficient (Wildman–Crippen LogP) is 3.34. The Morgan fingerprint density at radius 1 is 1.07 bits per heavy atom. The third-order valence-corrected chi connectivity index (χ3v) is 5.06. The molecule has 2 N–H and O–H groups in total. The van der Waals surface area contributed by atoms with E-state index in [9.17, 15) is 19.2 Å². The largest absolute Gasteiger partial charge is 0.326 e. The maximum Gasteiger partial charge on any atom is 0.325 e. The maximum atomic E-state index is 12.9. The van der Waals surface area contributed by atoms with Gasteiger partial charge in [-0.3, -0.25) is 19.3 Å². The lowest BCUT2D eigenvalue weighted by molar-refractivity contribution is -0.130. The Morgan fingerprint density at radius 3 is 2.28 bits per heavy atom. The minimum absolute atomic E-state index is 0.134. The van der Waals surface area contributed by atoms with Crippen molar-refractivity contribution in [3.63, 3.8) is 0 Å². The summed E-state index contributed by atoms with van der Waals surface area (Å²) >= 11 is 5.89. The highest BCUT2D eigenvalue weighted by atomic mass is 35.5. The van der Waals surface area contributed by atoms with Crippen LogP contribution >= 0.6 is 11.6 Å². The number of urea groups is 1. The lowest BCUT2D eigenvalue weighted by Crippen LogP contribution is -2.41. The van der Waals surface area contributed by atoms with Crippen LogP contribution in [0.3, 0.4) is 0 Å². The number of anilines is 1. The molecule has 7 nitrogen and oxygen atoms in total. The van der Waals surface area contributed by atoms with Gasteiger partial charge in [0.1, 0.15) is 5.54 Å². The number of ketones is 1. The fourth-order valence-electron chi connectivity index (χ4n) is 3.04. The lowest BCUT2D eigenvalue weighted by Gasteiger charge is -2.22. The molecule has 3 rings (SSSR count). The number of halogens is 1. The molecule has 0 unspecified atom stereocenters. The summed E-state index contributed by atoms with van der Waals surface area (Å²) in [5.41, 5.74) is 0.209. The Balaban J connectivity index is 1.73. The molecule has 0 aliphatic carbocycles. The van der Waals surface area contributed by atoms with Gasteiger partial charge in [0.25, 0.3) is 5.91 Å². The van der Waals surface area contributed by atoms with Crippen LogP contribution in [0, 0.1) is 0 Å². The molecule has 1 fully saturated rings. The first-order valence-electron chi connectivity index (χ1n) is 9.08. The van der Waals surface area contributed by atoms with Gasteiger partial charge in [-0.15, -0.1) is 0 Å². The van der Waals surface area contributed by atoms with Crippen molar-refractivity contribution >= 4 is 40.9 Å². The van der Waals surface area contributed by atoms with Crippen molar-refractivity contribution in [3.05, 3.63) is 64.7 Å². The zero-order valence-electron chi connectivity index (χ0n) is 16.0. The van der Waals surface area contributed by atoms with Crippen LogP contribution in [0.4, 0.5) is 10.5 Å². The number of hydrogen-bond donors (Lipinski definition) is 2. The number of hydrogen-bond acceptors (Lipinski definition) is 4. The standard InChI is InChI=1S/C21H20ClN3O4/c1-3-18(27)23-16-10-4-13(5-11-16)17(26)12-25-19(28)21(2,24-20(25)29)14-6-8-15(22)9-7-14/h4-11H,3,12H2,1-2H3,(H,23,27)(H,24,29)/t21-/m1/s1. The number of carbonyl (C=O) groups excluding carboxylic acids is 4. The number of amides is 4. The van der Waals surface area contributed by atoms with Gasteiger partial charge in [-0.05, 0) is 48.9 Å². The average molecular weight is 414 g/mol. The van der Waals surface area contributed by atoms with Crippen molar-refractivity contribution in [1.82, 2.24) is 10.2 Å². The number of imide groups is 1. The summed E-state index contributed by atoms with van der Waals surface area (Å²) < 4.78 is 0. The molecule has 2 aromatic carbocycles. The van der Waals surface area contributed by atoms with E-state index in [4.69, 9.17) is 11.6 Å². The van der Waals surface area contributed by atoms with Crippen LogP contribution in [-0.4, -0.2) is 35.1 Å². The number of nitrogens with one attached hydrogen (secondary N) is 2. The van der Waals surface area contributed by atoms with Gasteiger partial charge in [-0.1, -0.05) is 30.7 Å². The molecule has 150 valence electrons. The highest BCUT2D eigenvalue weighted by Gasteiger charge is 2.49. The molecule has 8 heteroatoms. The molecule has 0 radical (unpaired) electrons. The Bertz CT molecular complexity index is 972. The van der Waals surface area contributed by atoms with Crippen molar-refractivity contribution in [1.29, 1.82) is 0 Å². The average Bonchev–Trinajstić information content (AvgIpc) is 2.92. The first kappa shape index (κ1) is 20.5. The molecule has 1 aliphatic heterocycles. The monoisotopic (exact) mass is 413 g/mol. The molecule has 0 spiro atoms. The molecular weight excluding hydrogens is 394 g/mol. The van der Waals surface area contributed by atoms with E-state index in [0.717, 1.165) is 4.90 Å². The second kappa shape index (κ2) is 8.05. The van der Waals surface area contributed by atoms with Gasteiger partial charge in [-0.2, -0.15) is 0 Å². The van der Waals surface area contributed by atoms with Crippen LogP contribution in [0.2, 0.25) is 5.02 Å². The van der Waals surface area contributed by atoms with E-state index in [-0.39, 0.29) is 18.2 Å². The van der Waals surface area contributed by atoms with Crippen molar-refractivity contribution < 1.29 is 19.2 Å². The van der Waals surface area contributed by atoms with Crippen LogP contribution in [0.5, 0.6) is 0 Å². The highest BCUT2D eigenvalue weighted by molar-refractivity contribution is 6.30. The molecular formula is C21H20ClN3O4. The third kappa shape index (κ3) is 4.14. The fraction of sp³-hybridized carbons (Fsp3) is 0.238. The summed E-state index contributed by atoms with van der Waals surface area (Å²) in [6, 6.07) is 12.3. The summed E-state index contributed by atoms with van der Waals surface area (Å²) in [5, 5.41) is 5.86. The minimum Gasteiger partial charge on any atom is -0.326 e. The van der Waals surface area contributed by atoms with Crippen LogP contribution < -0.4 is 10.6 Å². The van der Waals surface area contributed by atoms with Crippen LogP contribution in [0.1, 0.15) is 36.2 Å². The van der Waals surface area contributed by atoms with Crippen LogP contribution in [0.25, 0.3) is 0 Å². The zero-order valence-corrected chi connectivity index (χ0v) is 16.7. The van der Waals surface area contributed by atoms with Crippen molar-refractivity contribution in [2.45, 2.75) is 25.8 Å². The van der Waals surface area contributed by atoms with E-state index in [1.54, 1.807) is 62.4 Å².